The van der Waals surface area contributed by atoms with E-state index < -0.39 is 11.2 Å². The van der Waals surface area contributed by atoms with E-state index in [2.05, 4.69) is 4.98 Å². The van der Waals surface area contributed by atoms with Crippen LogP contribution >= 0.6 is 0 Å². The molecule has 0 atom stereocenters. The second kappa shape index (κ2) is 6.31. The lowest BCUT2D eigenvalue weighted by atomic mass is 10.2. The van der Waals surface area contributed by atoms with Gasteiger partial charge in [-0.05, 0) is 17.7 Å². The van der Waals surface area contributed by atoms with Crippen LogP contribution in [-0.2, 0) is 18.4 Å². The summed E-state index contributed by atoms with van der Waals surface area (Å²) in [6, 6.07) is 7.33. The van der Waals surface area contributed by atoms with Crippen LogP contribution in [0.15, 0.2) is 39.9 Å². The van der Waals surface area contributed by atoms with Crippen molar-refractivity contribution in [1.29, 1.82) is 0 Å². The molecule has 1 N–H and O–H groups in total. The molecule has 126 valence electrons. The first-order valence-electron chi connectivity index (χ1n) is 7.51. The topological polar surface area (TPSA) is 78.4 Å². The smallest absolute Gasteiger partial charge is 0.329 e. The molecule has 1 aromatic carbocycles. The van der Waals surface area contributed by atoms with Crippen molar-refractivity contribution in [2.75, 3.05) is 24.5 Å². The first-order chi connectivity index (χ1) is 11.4. The number of piperazine rings is 1. The van der Waals surface area contributed by atoms with Crippen molar-refractivity contribution in [1.82, 2.24) is 14.5 Å². The van der Waals surface area contributed by atoms with Gasteiger partial charge in [0.2, 0.25) is 5.91 Å². The number of hydrogen-bond acceptors (Lipinski definition) is 4. The average molecular weight is 332 g/mol. The third kappa shape index (κ3) is 3.22. The Balaban J connectivity index is 1.71. The van der Waals surface area contributed by atoms with Crippen molar-refractivity contribution >= 4 is 11.7 Å². The van der Waals surface area contributed by atoms with Crippen molar-refractivity contribution in [3.8, 4) is 0 Å². The lowest BCUT2D eigenvalue weighted by molar-refractivity contribution is -0.131. The Morgan fingerprint density at radius 3 is 2.46 bits per heavy atom. The molecule has 24 heavy (non-hydrogen) atoms. The van der Waals surface area contributed by atoms with E-state index in [9.17, 15) is 18.8 Å². The zero-order valence-corrected chi connectivity index (χ0v) is 13.2. The number of rotatable bonds is 3. The number of aromatic amines is 1. The van der Waals surface area contributed by atoms with Crippen molar-refractivity contribution < 1.29 is 9.18 Å². The zero-order valence-electron chi connectivity index (χ0n) is 13.2. The molecule has 1 amide bonds. The summed E-state index contributed by atoms with van der Waals surface area (Å²) < 4.78 is 13.9. The van der Waals surface area contributed by atoms with Crippen molar-refractivity contribution in [2.45, 2.75) is 6.54 Å². The van der Waals surface area contributed by atoms with Crippen molar-refractivity contribution in [3.63, 3.8) is 0 Å². The van der Waals surface area contributed by atoms with E-state index in [1.807, 2.05) is 0 Å². The SMILES string of the molecule is Cn1c(=O)cc(N2CCN(Cc3ccc(F)cc3)C(=O)C2)[nH]c1=O. The van der Waals surface area contributed by atoms with Crippen LogP contribution in [0.3, 0.4) is 0 Å². The van der Waals surface area contributed by atoms with Gasteiger partial charge in [0.1, 0.15) is 11.6 Å². The number of aromatic nitrogens is 2. The van der Waals surface area contributed by atoms with E-state index >= 15 is 0 Å². The molecule has 7 nitrogen and oxygen atoms in total. The number of benzene rings is 1. The van der Waals surface area contributed by atoms with E-state index in [0.29, 0.717) is 25.5 Å². The van der Waals surface area contributed by atoms with E-state index in [4.69, 9.17) is 0 Å². The molecule has 1 fully saturated rings. The summed E-state index contributed by atoms with van der Waals surface area (Å²) in [5.74, 6) is -0.0884. The third-order valence-electron chi connectivity index (χ3n) is 4.08. The minimum atomic E-state index is -0.515. The Morgan fingerprint density at radius 1 is 1.12 bits per heavy atom. The van der Waals surface area contributed by atoms with Crippen molar-refractivity contribution in [3.05, 3.63) is 62.6 Å². The molecule has 0 radical (unpaired) electrons. The molecule has 0 spiro atoms. The molecule has 1 aromatic heterocycles. The molecule has 1 aliphatic rings. The fourth-order valence-electron chi connectivity index (χ4n) is 2.61. The molecule has 3 rings (SSSR count). The van der Waals surface area contributed by atoms with Gasteiger partial charge in [-0.2, -0.15) is 0 Å². The summed E-state index contributed by atoms with van der Waals surface area (Å²) in [5, 5.41) is 0. The van der Waals surface area contributed by atoms with E-state index in [1.54, 1.807) is 21.9 Å². The molecular weight excluding hydrogens is 315 g/mol. The minimum Gasteiger partial charge on any atom is -0.347 e. The number of nitrogens with zero attached hydrogens (tertiary/aromatic N) is 3. The van der Waals surface area contributed by atoms with Crippen LogP contribution in [0.4, 0.5) is 10.2 Å². The van der Waals surface area contributed by atoms with Gasteiger partial charge in [0.05, 0.1) is 6.54 Å². The Bertz CT molecular complexity index is 841. The maximum absolute atomic E-state index is 12.9. The predicted octanol–water partition coefficient (Wildman–Crippen LogP) is 0.0615. The van der Waals surface area contributed by atoms with Crippen LogP contribution in [0.25, 0.3) is 0 Å². The molecule has 0 saturated carbocycles. The number of carbonyl (C=O) groups excluding carboxylic acids is 1. The summed E-state index contributed by atoms with van der Waals surface area (Å²) in [6.07, 6.45) is 0. The molecule has 0 unspecified atom stereocenters. The van der Waals surface area contributed by atoms with Gasteiger partial charge in [0, 0.05) is 32.7 Å². The second-order valence-electron chi connectivity index (χ2n) is 5.72. The van der Waals surface area contributed by atoms with Gasteiger partial charge in [0.15, 0.2) is 0 Å². The van der Waals surface area contributed by atoms with Crippen LogP contribution in [0.2, 0.25) is 0 Å². The first kappa shape index (κ1) is 16.0. The van der Waals surface area contributed by atoms with E-state index in [0.717, 1.165) is 10.1 Å². The molecule has 8 heteroatoms. The highest BCUT2D eigenvalue weighted by Crippen LogP contribution is 2.14. The molecule has 2 aromatic rings. The number of halogens is 1. The molecule has 2 heterocycles. The second-order valence-corrected chi connectivity index (χ2v) is 5.72. The zero-order chi connectivity index (χ0) is 17.3. The standard InChI is InChI=1S/C16H17FN4O3/c1-19-14(22)8-13(18-16(19)24)20-6-7-21(15(23)10-20)9-11-2-4-12(17)5-3-11/h2-5,8H,6-7,9-10H2,1H3,(H,18,24). The maximum atomic E-state index is 12.9. The number of amides is 1. The Labute approximate surface area is 136 Å². The quantitative estimate of drug-likeness (QED) is 0.862. The average Bonchev–Trinajstić information content (AvgIpc) is 2.56. The van der Waals surface area contributed by atoms with Crippen LogP contribution in [-0.4, -0.2) is 40.0 Å². The number of nitrogens with one attached hydrogen (secondary N) is 1. The van der Waals surface area contributed by atoms with Gasteiger partial charge in [-0.25, -0.2) is 9.18 Å². The van der Waals surface area contributed by atoms with Gasteiger partial charge < -0.3 is 9.80 Å². The van der Waals surface area contributed by atoms with Gasteiger partial charge >= 0.3 is 5.69 Å². The lowest BCUT2D eigenvalue weighted by Crippen LogP contribution is -2.51. The summed E-state index contributed by atoms with van der Waals surface area (Å²) >= 11 is 0. The lowest BCUT2D eigenvalue weighted by Gasteiger charge is -2.35. The molecule has 1 aliphatic heterocycles. The molecule has 1 saturated heterocycles. The van der Waals surface area contributed by atoms with Gasteiger partial charge in [-0.15, -0.1) is 0 Å². The van der Waals surface area contributed by atoms with Crippen molar-refractivity contribution in [2.24, 2.45) is 7.05 Å². The minimum absolute atomic E-state index is 0.0737. The first-order valence-corrected chi connectivity index (χ1v) is 7.51. The fraction of sp³-hybridized carbons (Fsp3) is 0.312. The highest BCUT2D eigenvalue weighted by atomic mass is 19.1. The Hall–Kier alpha value is -2.90. The van der Waals surface area contributed by atoms with Gasteiger partial charge in [-0.1, -0.05) is 12.1 Å². The third-order valence-corrected chi connectivity index (χ3v) is 4.08. The molecular formula is C16H17FN4O3. The van der Waals surface area contributed by atoms with Gasteiger partial charge in [-0.3, -0.25) is 19.1 Å². The Kier molecular flexibility index (Phi) is 4.20. The summed E-state index contributed by atoms with van der Waals surface area (Å²) in [5.41, 5.74) is -0.0891. The van der Waals surface area contributed by atoms with Gasteiger partial charge in [0.25, 0.3) is 5.56 Å². The molecule has 0 aliphatic carbocycles. The van der Waals surface area contributed by atoms with E-state index in [-0.39, 0.29) is 18.3 Å². The number of hydrogen-bond donors (Lipinski definition) is 1. The van der Waals surface area contributed by atoms with Crippen LogP contribution < -0.4 is 16.1 Å². The highest BCUT2D eigenvalue weighted by molar-refractivity contribution is 5.82. The van der Waals surface area contributed by atoms with Crippen LogP contribution in [0, 0.1) is 5.82 Å². The Morgan fingerprint density at radius 2 is 1.83 bits per heavy atom. The number of H-pyrrole nitrogens is 1. The fourth-order valence-corrected chi connectivity index (χ4v) is 2.61. The van der Waals surface area contributed by atoms with E-state index in [1.165, 1.54) is 25.2 Å². The summed E-state index contributed by atoms with van der Waals surface area (Å²) in [6.45, 7) is 1.42. The number of anilines is 1. The molecule has 0 bridgehead atoms. The predicted molar refractivity (Wildman–Crippen MR) is 86.3 cm³/mol. The van der Waals surface area contributed by atoms with Crippen LogP contribution in [0.1, 0.15) is 5.56 Å². The van der Waals surface area contributed by atoms with Crippen LogP contribution in [0.5, 0.6) is 0 Å². The maximum Gasteiger partial charge on any atom is 0.329 e. The normalized spacial score (nSPS) is 15.0. The monoisotopic (exact) mass is 332 g/mol. The number of carbonyl (C=O) groups is 1. The highest BCUT2D eigenvalue weighted by Gasteiger charge is 2.25. The summed E-state index contributed by atoms with van der Waals surface area (Å²) in [7, 11) is 1.39. The largest absolute Gasteiger partial charge is 0.347 e. The summed E-state index contributed by atoms with van der Waals surface area (Å²) in [4.78, 5) is 41.6.